The zero-order valence-corrected chi connectivity index (χ0v) is 11.2. The molecule has 0 aliphatic heterocycles. The van der Waals surface area contributed by atoms with Crippen LogP contribution in [-0.4, -0.2) is 12.9 Å². The maximum absolute atomic E-state index is 13.3. The Bertz CT molecular complexity index is 689. The van der Waals surface area contributed by atoms with Crippen molar-refractivity contribution in [3.05, 3.63) is 58.1 Å². The first-order valence-corrected chi connectivity index (χ1v) is 5.95. The van der Waals surface area contributed by atoms with E-state index >= 15 is 0 Å². The van der Waals surface area contributed by atoms with E-state index in [0.717, 1.165) is 12.1 Å². The maximum atomic E-state index is 13.3. The van der Waals surface area contributed by atoms with Gasteiger partial charge in [0.2, 0.25) is 0 Å². The van der Waals surface area contributed by atoms with Gasteiger partial charge in [-0.3, -0.25) is 4.79 Å². The Morgan fingerprint density at radius 3 is 2.50 bits per heavy atom. The van der Waals surface area contributed by atoms with Crippen LogP contribution < -0.4 is 10.5 Å². The largest absolute Gasteiger partial charge is 0.494 e. The van der Waals surface area contributed by atoms with Crippen LogP contribution in [0.25, 0.3) is 0 Å². The van der Waals surface area contributed by atoms with E-state index in [-0.39, 0.29) is 27.6 Å². The minimum Gasteiger partial charge on any atom is -0.494 e. The molecule has 0 bridgehead atoms. The second-order valence-electron chi connectivity index (χ2n) is 4.00. The van der Waals surface area contributed by atoms with Gasteiger partial charge in [0.1, 0.15) is 0 Å². The number of ketones is 1. The zero-order chi connectivity index (χ0) is 14.9. The van der Waals surface area contributed by atoms with Gasteiger partial charge in [-0.1, -0.05) is 17.7 Å². The van der Waals surface area contributed by atoms with Crippen LogP contribution in [0.1, 0.15) is 15.9 Å². The number of halogens is 3. The molecule has 0 heterocycles. The van der Waals surface area contributed by atoms with Crippen LogP contribution in [0.3, 0.4) is 0 Å². The maximum Gasteiger partial charge on any atom is 0.198 e. The molecule has 104 valence electrons. The summed E-state index contributed by atoms with van der Waals surface area (Å²) in [7, 11) is 1.36. The van der Waals surface area contributed by atoms with Crippen LogP contribution >= 0.6 is 11.6 Å². The first-order chi connectivity index (χ1) is 9.45. The number of carbonyl (C=O) groups excluding carboxylic acids is 1. The van der Waals surface area contributed by atoms with Crippen molar-refractivity contribution in [1.82, 2.24) is 0 Å². The number of anilines is 1. The van der Waals surface area contributed by atoms with Crippen molar-refractivity contribution in [1.29, 1.82) is 0 Å². The summed E-state index contributed by atoms with van der Waals surface area (Å²) >= 11 is 5.78. The zero-order valence-electron chi connectivity index (χ0n) is 10.4. The highest BCUT2D eigenvalue weighted by Crippen LogP contribution is 2.30. The predicted molar refractivity (Wildman–Crippen MR) is 72.2 cm³/mol. The number of hydrogen-bond donors (Lipinski definition) is 1. The topological polar surface area (TPSA) is 52.3 Å². The van der Waals surface area contributed by atoms with E-state index in [1.54, 1.807) is 12.1 Å². The van der Waals surface area contributed by atoms with Gasteiger partial charge < -0.3 is 10.5 Å². The van der Waals surface area contributed by atoms with Crippen LogP contribution in [0.2, 0.25) is 5.02 Å². The van der Waals surface area contributed by atoms with Gasteiger partial charge in [-0.05, 0) is 24.3 Å². The Hall–Kier alpha value is -2.14. The molecule has 0 saturated carbocycles. The van der Waals surface area contributed by atoms with Crippen LogP contribution in [0.4, 0.5) is 14.5 Å². The van der Waals surface area contributed by atoms with E-state index < -0.39 is 17.4 Å². The molecule has 2 aromatic rings. The summed E-state index contributed by atoms with van der Waals surface area (Å²) in [4.78, 5) is 12.4. The van der Waals surface area contributed by atoms with Gasteiger partial charge in [0.15, 0.2) is 23.2 Å². The summed E-state index contributed by atoms with van der Waals surface area (Å²) < 4.78 is 31.3. The molecule has 0 aromatic heterocycles. The van der Waals surface area contributed by atoms with E-state index in [9.17, 15) is 13.6 Å². The Labute approximate surface area is 118 Å². The number of rotatable bonds is 3. The van der Waals surface area contributed by atoms with Crippen molar-refractivity contribution in [3.8, 4) is 5.75 Å². The standard InChI is InChI=1S/C14H10ClF2NO2/c1-20-14-7(3-2-4-12(14)18)13(19)8-5-10(16)11(17)6-9(8)15/h2-6H,18H2,1H3. The fourth-order valence-corrected chi connectivity index (χ4v) is 2.04. The van der Waals surface area contributed by atoms with E-state index in [1.807, 2.05) is 0 Å². The highest BCUT2D eigenvalue weighted by atomic mass is 35.5. The normalized spacial score (nSPS) is 10.4. The lowest BCUT2D eigenvalue weighted by Crippen LogP contribution is -2.07. The van der Waals surface area contributed by atoms with Crippen LogP contribution in [0, 0.1) is 11.6 Å². The Morgan fingerprint density at radius 1 is 1.20 bits per heavy atom. The first kappa shape index (κ1) is 14.3. The number of methoxy groups -OCH3 is 1. The molecule has 0 fully saturated rings. The first-order valence-electron chi connectivity index (χ1n) is 5.57. The van der Waals surface area contributed by atoms with E-state index in [2.05, 4.69) is 0 Å². The summed E-state index contributed by atoms with van der Waals surface area (Å²) in [6.07, 6.45) is 0. The smallest absolute Gasteiger partial charge is 0.198 e. The second kappa shape index (κ2) is 5.46. The quantitative estimate of drug-likeness (QED) is 0.536. The molecule has 0 amide bonds. The minimum atomic E-state index is -1.15. The highest BCUT2D eigenvalue weighted by molar-refractivity contribution is 6.35. The lowest BCUT2D eigenvalue weighted by atomic mass is 10.0. The molecule has 0 unspecified atom stereocenters. The Morgan fingerprint density at radius 2 is 1.85 bits per heavy atom. The molecule has 0 aliphatic carbocycles. The number of para-hydroxylation sites is 1. The van der Waals surface area contributed by atoms with Crippen molar-refractivity contribution in [2.45, 2.75) is 0 Å². The summed E-state index contributed by atoms with van der Waals surface area (Å²) in [5.74, 6) is -2.71. The molecule has 0 saturated heterocycles. The van der Waals surface area contributed by atoms with Gasteiger partial charge >= 0.3 is 0 Å². The van der Waals surface area contributed by atoms with Crippen molar-refractivity contribution in [2.24, 2.45) is 0 Å². The average Bonchev–Trinajstić information content (AvgIpc) is 2.41. The van der Waals surface area contributed by atoms with Gasteiger partial charge in [0.25, 0.3) is 0 Å². The van der Waals surface area contributed by atoms with Gasteiger partial charge in [-0.15, -0.1) is 0 Å². The number of carbonyl (C=O) groups is 1. The molecule has 6 heteroatoms. The monoisotopic (exact) mass is 297 g/mol. The third-order valence-corrected chi connectivity index (χ3v) is 3.06. The van der Waals surface area contributed by atoms with Gasteiger partial charge in [0, 0.05) is 5.56 Å². The average molecular weight is 298 g/mol. The molecule has 20 heavy (non-hydrogen) atoms. The Kier molecular flexibility index (Phi) is 3.90. The second-order valence-corrected chi connectivity index (χ2v) is 4.41. The number of ether oxygens (including phenoxy) is 1. The SMILES string of the molecule is COc1c(N)cccc1C(=O)c1cc(F)c(F)cc1Cl. The lowest BCUT2D eigenvalue weighted by Gasteiger charge is -2.11. The van der Waals surface area contributed by atoms with Crippen LogP contribution in [0.15, 0.2) is 30.3 Å². The summed E-state index contributed by atoms with van der Waals surface area (Å²) in [5, 5.41) is -0.182. The molecular weight excluding hydrogens is 288 g/mol. The third-order valence-electron chi connectivity index (χ3n) is 2.75. The summed E-state index contributed by atoms with van der Waals surface area (Å²) in [6.45, 7) is 0. The van der Waals surface area contributed by atoms with E-state index in [0.29, 0.717) is 0 Å². The van der Waals surface area contributed by atoms with Crippen molar-refractivity contribution in [3.63, 3.8) is 0 Å². The molecule has 0 atom stereocenters. The highest BCUT2D eigenvalue weighted by Gasteiger charge is 2.20. The number of benzene rings is 2. The lowest BCUT2D eigenvalue weighted by molar-refractivity contribution is 0.103. The van der Waals surface area contributed by atoms with E-state index in [4.69, 9.17) is 22.1 Å². The molecule has 0 radical (unpaired) electrons. The molecular formula is C14H10ClF2NO2. The van der Waals surface area contributed by atoms with Crippen LogP contribution in [0.5, 0.6) is 5.75 Å². The molecule has 0 aliphatic rings. The minimum absolute atomic E-state index is 0.125. The number of hydrogen-bond acceptors (Lipinski definition) is 3. The number of nitrogen functional groups attached to an aromatic ring is 1. The summed E-state index contributed by atoms with van der Waals surface area (Å²) in [5.41, 5.74) is 5.92. The van der Waals surface area contributed by atoms with Gasteiger partial charge in [0.05, 0.1) is 23.4 Å². The van der Waals surface area contributed by atoms with E-state index in [1.165, 1.54) is 13.2 Å². The van der Waals surface area contributed by atoms with Crippen molar-refractivity contribution >= 4 is 23.1 Å². The van der Waals surface area contributed by atoms with Gasteiger partial charge in [-0.25, -0.2) is 8.78 Å². The predicted octanol–water partition coefficient (Wildman–Crippen LogP) is 3.44. The fraction of sp³-hybridized carbons (Fsp3) is 0.0714. The van der Waals surface area contributed by atoms with Gasteiger partial charge in [-0.2, -0.15) is 0 Å². The van der Waals surface area contributed by atoms with Crippen LogP contribution in [-0.2, 0) is 0 Å². The van der Waals surface area contributed by atoms with Crippen molar-refractivity contribution in [2.75, 3.05) is 12.8 Å². The molecule has 2 N–H and O–H groups in total. The Balaban J connectivity index is 2.58. The molecule has 2 rings (SSSR count). The van der Waals surface area contributed by atoms with Crippen molar-refractivity contribution < 1.29 is 18.3 Å². The number of nitrogens with two attached hydrogens (primary N) is 1. The fourth-order valence-electron chi connectivity index (χ4n) is 1.80. The summed E-state index contributed by atoms with van der Waals surface area (Å²) in [6, 6.07) is 6.09. The molecule has 0 spiro atoms. The molecule has 3 nitrogen and oxygen atoms in total. The third kappa shape index (κ3) is 2.44. The molecule has 2 aromatic carbocycles.